The van der Waals surface area contributed by atoms with Gasteiger partial charge in [-0.15, -0.1) is 0 Å². The molecule has 0 amide bonds. The van der Waals surface area contributed by atoms with Crippen molar-refractivity contribution in [2.45, 2.75) is 6.42 Å². The summed E-state index contributed by atoms with van der Waals surface area (Å²) >= 11 is 0. The maximum Gasteiger partial charge on any atom is 0.124 e. The van der Waals surface area contributed by atoms with E-state index < -0.39 is 0 Å². The average molecular weight is 328 g/mol. The van der Waals surface area contributed by atoms with Crippen LogP contribution in [0.25, 0.3) is 11.8 Å². The second-order valence-corrected chi connectivity index (χ2v) is 5.96. The summed E-state index contributed by atoms with van der Waals surface area (Å²) in [5.41, 5.74) is 15.3. The van der Waals surface area contributed by atoms with Crippen LogP contribution in [-0.2, 0) is 11.2 Å². The fourth-order valence-electron chi connectivity index (χ4n) is 2.92. The van der Waals surface area contributed by atoms with Crippen LogP contribution in [-0.4, -0.2) is 47.8 Å². The number of morpholine rings is 1. The number of aromatic hydroxyl groups is 1. The first kappa shape index (κ1) is 16.4. The zero-order valence-electron chi connectivity index (χ0n) is 13.7. The molecule has 0 unspecified atom stereocenters. The summed E-state index contributed by atoms with van der Waals surface area (Å²) in [5, 5.41) is 9.94. The molecule has 2 heterocycles. The molecule has 0 atom stereocenters. The van der Waals surface area contributed by atoms with Gasteiger partial charge in [0.05, 0.1) is 13.2 Å². The predicted molar refractivity (Wildman–Crippen MR) is 96.3 cm³/mol. The van der Waals surface area contributed by atoms with Crippen LogP contribution in [0.5, 0.6) is 5.75 Å². The van der Waals surface area contributed by atoms with Crippen LogP contribution < -0.4 is 11.5 Å². The molecule has 1 saturated heterocycles. The third kappa shape index (κ3) is 3.72. The number of nitrogens with two attached hydrogens (primary N) is 2. The normalized spacial score (nSPS) is 16.4. The van der Waals surface area contributed by atoms with E-state index in [0.29, 0.717) is 17.1 Å². The second kappa shape index (κ2) is 7.42. The van der Waals surface area contributed by atoms with Crippen LogP contribution >= 0.6 is 0 Å². The first-order chi connectivity index (χ1) is 11.6. The van der Waals surface area contributed by atoms with E-state index >= 15 is 0 Å². The Morgan fingerprint density at radius 1 is 1.29 bits per heavy atom. The lowest BCUT2D eigenvalue weighted by atomic mass is 10.0. The number of nitrogens with zero attached hydrogens (tertiary/aromatic N) is 1. The Bertz CT molecular complexity index is 718. The summed E-state index contributed by atoms with van der Waals surface area (Å²) in [6.45, 7) is 4.47. The number of para-hydroxylation sites is 1. The van der Waals surface area contributed by atoms with Crippen LogP contribution in [0.4, 0.5) is 5.82 Å². The fourth-order valence-corrected chi connectivity index (χ4v) is 2.92. The summed E-state index contributed by atoms with van der Waals surface area (Å²) in [5.74, 6) is 0.751. The number of phenols is 1. The molecule has 1 aliphatic rings. The molecule has 0 aliphatic carbocycles. The minimum atomic E-state index is 0.162. The minimum absolute atomic E-state index is 0.162. The number of nitrogens with one attached hydrogen (secondary N) is 1. The van der Waals surface area contributed by atoms with Gasteiger partial charge in [0.15, 0.2) is 0 Å². The molecule has 0 bridgehead atoms. The zero-order valence-corrected chi connectivity index (χ0v) is 13.7. The van der Waals surface area contributed by atoms with Crippen molar-refractivity contribution in [1.29, 1.82) is 0 Å². The molecule has 2 aromatic rings. The smallest absolute Gasteiger partial charge is 0.124 e. The number of ether oxygens (including phenoxy) is 1. The fraction of sp³-hybridized carbons (Fsp3) is 0.333. The third-order valence-electron chi connectivity index (χ3n) is 4.35. The highest BCUT2D eigenvalue weighted by Gasteiger charge is 2.13. The molecule has 1 fully saturated rings. The molecule has 24 heavy (non-hydrogen) atoms. The van der Waals surface area contributed by atoms with Crippen molar-refractivity contribution in [3.8, 4) is 5.75 Å². The summed E-state index contributed by atoms with van der Waals surface area (Å²) in [6.07, 6.45) is 4.64. The van der Waals surface area contributed by atoms with Gasteiger partial charge in [-0.05, 0) is 30.2 Å². The highest BCUT2D eigenvalue weighted by Crippen LogP contribution is 2.26. The van der Waals surface area contributed by atoms with Crippen molar-refractivity contribution in [2.75, 3.05) is 38.6 Å². The number of hydrogen-bond donors (Lipinski definition) is 4. The molecule has 0 spiro atoms. The Kier molecular flexibility index (Phi) is 5.08. The Labute approximate surface area is 141 Å². The number of phenolic OH excluding ortho intramolecular Hbond substituents is 1. The van der Waals surface area contributed by atoms with E-state index in [1.807, 2.05) is 18.3 Å². The lowest BCUT2D eigenvalue weighted by Crippen LogP contribution is -2.37. The largest absolute Gasteiger partial charge is 0.507 e. The van der Waals surface area contributed by atoms with Gasteiger partial charge in [-0.3, -0.25) is 4.90 Å². The molecule has 6 N–H and O–H groups in total. The Hall–Kier alpha value is -2.44. The molecule has 6 heteroatoms. The molecule has 0 saturated carbocycles. The van der Waals surface area contributed by atoms with Crippen LogP contribution in [0.15, 0.2) is 30.5 Å². The number of aromatic amines is 1. The standard InChI is InChI=1S/C18H24N4O2/c19-16(14-3-1-2-4-17(14)23)11-15-13(12-21-18(15)20)5-6-22-7-9-24-10-8-22/h1-4,11-12,21,23H,5-10,19-20H2/b16-11-. The molecular weight excluding hydrogens is 304 g/mol. The molecule has 6 nitrogen and oxygen atoms in total. The predicted octanol–water partition coefficient (Wildman–Crippen LogP) is 1.63. The van der Waals surface area contributed by atoms with E-state index in [2.05, 4.69) is 9.88 Å². The van der Waals surface area contributed by atoms with Crippen LogP contribution in [0.2, 0.25) is 0 Å². The van der Waals surface area contributed by atoms with Gasteiger partial charge in [0.25, 0.3) is 0 Å². The van der Waals surface area contributed by atoms with Gasteiger partial charge in [-0.25, -0.2) is 0 Å². The van der Waals surface area contributed by atoms with Gasteiger partial charge < -0.3 is 26.3 Å². The number of anilines is 1. The average Bonchev–Trinajstić information content (AvgIpc) is 2.94. The van der Waals surface area contributed by atoms with E-state index in [1.165, 1.54) is 0 Å². The monoisotopic (exact) mass is 328 g/mol. The van der Waals surface area contributed by atoms with Crippen LogP contribution in [0.3, 0.4) is 0 Å². The van der Waals surface area contributed by atoms with Crippen molar-refractivity contribution < 1.29 is 9.84 Å². The zero-order chi connectivity index (χ0) is 16.9. The van der Waals surface area contributed by atoms with Crippen molar-refractivity contribution in [2.24, 2.45) is 5.73 Å². The number of hydrogen-bond acceptors (Lipinski definition) is 5. The number of H-pyrrole nitrogens is 1. The maximum absolute atomic E-state index is 9.94. The van der Waals surface area contributed by atoms with Gasteiger partial charge in [0, 0.05) is 42.7 Å². The van der Waals surface area contributed by atoms with Gasteiger partial charge in [0.1, 0.15) is 11.6 Å². The van der Waals surface area contributed by atoms with Crippen molar-refractivity contribution in [1.82, 2.24) is 9.88 Å². The van der Waals surface area contributed by atoms with E-state index in [-0.39, 0.29) is 5.75 Å². The number of benzene rings is 1. The van der Waals surface area contributed by atoms with Crippen molar-refractivity contribution in [3.05, 3.63) is 47.2 Å². The third-order valence-corrected chi connectivity index (χ3v) is 4.35. The highest BCUT2D eigenvalue weighted by atomic mass is 16.5. The number of nitrogen functional groups attached to an aromatic ring is 1. The van der Waals surface area contributed by atoms with Gasteiger partial charge >= 0.3 is 0 Å². The molecule has 1 aliphatic heterocycles. The Morgan fingerprint density at radius 2 is 2.04 bits per heavy atom. The van der Waals surface area contributed by atoms with E-state index in [0.717, 1.165) is 50.4 Å². The van der Waals surface area contributed by atoms with E-state index in [4.69, 9.17) is 16.2 Å². The Morgan fingerprint density at radius 3 is 2.79 bits per heavy atom. The highest BCUT2D eigenvalue weighted by molar-refractivity contribution is 5.85. The molecule has 3 rings (SSSR count). The molecule has 0 radical (unpaired) electrons. The van der Waals surface area contributed by atoms with Gasteiger partial charge in [0.2, 0.25) is 0 Å². The van der Waals surface area contributed by atoms with Gasteiger partial charge in [-0.2, -0.15) is 0 Å². The van der Waals surface area contributed by atoms with Crippen LogP contribution in [0, 0.1) is 0 Å². The van der Waals surface area contributed by atoms with Crippen molar-refractivity contribution >= 4 is 17.6 Å². The summed E-state index contributed by atoms with van der Waals surface area (Å²) in [6, 6.07) is 7.02. The Balaban J connectivity index is 1.77. The quantitative estimate of drug-likeness (QED) is 0.668. The van der Waals surface area contributed by atoms with Gasteiger partial charge in [-0.1, -0.05) is 12.1 Å². The summed E-state index contributed by atoms with van der Waals surface area (Å²) < 4.78 is 5.37. The van der Waals surface area contributed by atoms with Crippen molar-refractivity contribution in [3.63, 3.8) is 0 Å². The van der Waals surface area contributed by atoms with E-state index in [9.17, 15) is 5.11 Å². The molecule has 128 valence electrons. The first-order valence-electron chi connectivity index (χ1n) is 8.16. The second-order valence-electron chi connectivity index (χ2n) is 5.96. The number of aromatic nitrogens is 1. The SMILES string of the molecule is N/C(=C\c1c(CCN2CCOCC2)c[nH]c1N)c1ccccc1O. The molecular formula is C18H24N4O2. The molecule has 1 aromatic carbocycles. The van der Waals surface area contributed by atoms with Crippen LogP contribution in [0.1, 0.15) is 16.7 Å². The van der Waals surface area contributed by atoms with E-state index in [1.54, 1.807) is 18.2 Å². The molecule has 1 aromatic heterocycles. The number of rotatable bonds is 5. The minimum Gasteiger partial charge on any atom is -0.507 e. The lowest BCUT2D eigenvalue weighted by Gasteiger charge is -2.26. The summed E-state index contributed by atoms with van der Waals surface area (Å²) in [7, 11) is 0. The topological polar surface area (TPSA) is 101 Å². The first-order valence-corrected chi connectivity index (χ1v) is 8.16. The summed E-state index contributed by atoms with van der Waals surface area (Å²) in [4.78, 5) is 5.45. The lowest BCUT2D eigenvalue weighted by molar-refractivity contribution is 0.0384. The maximum atomic E-state index is 9.94.